The fourth-order valence-electron chi connectivity index (χ4n) is 1.70. The van der Waals surface area contributed by atoms with Gasteiger partial charge in [-0.3, -0.25) is 0 Å². The van der Waals surface area contributed by atoms with Gasteiger partial charge in [-0.1, -0.05) is 44.9 Å². The van der Waals surface area contributed by atoms with Crippen LogP contribution >= 0.6 is 8.60 Å². The molecular weight excluding hydrogens is 327 g/mol. The summed E-state index contributed by atoms with van der Waals surface area (Å²) in [5, 5.41) is 0. The lowest BCUT2D eigenvalue weighted by molar-refractivity contribution is 0.0730. The van der Waals surface area contributed by atoms with Crippen molar-refractivity contribution in [2.24, 2.45) is 0 Å². The summed E-state index contributed by atoms with van der Waals surface area (Å²) in [6.07, 6.45) is 4.40. The third-order valence-electron chi connectivity index (χ3n) is 3.06. The predicted octanol–water partition coefficient (Wildman–Crippen LogP) is 4.96. The van der Waals surface area contributed by atoms with Crippen molar-refractivity contribution in [1.29, 1.82) is 0 Å². The van der Waals surface area contributed by atoms with Crippen LogP contribution in [0, 0.1) is 0 Å². The Bertz CT molecular complexity index is 361. The van der Waals surface area contributed by atoms with E-state index < -0.39 is 8.60 Å². The van der Waals surface area contributed by atoms with Crippen LogP contribution in [0.4, 0.5) is 0 Å². The van der Waals surface area contributed by atoms with Crippen molar-refractivity contribution >= 4 is 8.60 Å². The first-order chi connectivity index (χ1) is 11.9. The van der Waals surface area contributed by atoms with Gasteiger partial charge in [-0.25, -0.2) is 0 Å². The van der Waals surface area contributed by atoms with E-state index in [9.17, 15) is 0 Å². The number of hydrogen-bond donors (Lipinski definition) is 0. The maximum atomic E-state index is 5.78. The van der Waals surface area contributed by atoms with Gasteiger partial charge in [0.15, 0.2) is 0 Å². The number of benzene rings is 1. The van der Waals surface area contributed by atoms with E-state index in [-0.39, 0.29) is 0 Å². The molecular formula is C18H31O5P. The fourth-order valence-corrected chi connectivity index (χ4v) is 2.62. The zero-order valence-electron chi connectivity index (χ0n) is 14.9. The molecule has 0 aliphatic rings. The summed E-state index contributed by atoms with van der Waals surface area (Å²) in [6, 6.07) is 9.56. The highest BCUT2D eigenvalue weighted by Crippen LogP contribution is 2.40. The van der Waals surface area contributed by atoms with Crippen LogP contribution in [0.2, 0.25) is 0 Å². The first kappa shape index (κ1) is 21.3. The maximum Gasteiger partial charge on any atom is 0.397 e. The minimum atomic E-state index is -1.45. The van der Waals surface area contributed by atoms with Gasteiger partial charge in [-0.2, -0.15) is 0 Å². The van der Waals surface area contributed by atoms with Crippen LogP contribution in [0.3, 0.4) is 0 Å². The maximum absolute atomic E-state index is 5.78. The lowest BCUT2D eigenvalue weighted by atomic mass is 10.3. The SMILES string of the molecule is CCCCOCCOP(OCCOCCCC)Oc1ccccc1. The Kier molecular flexibility index (Phi) is 14.0. The summed E-state index contributed by atoms with van der Waals surface area (Å²) in [6.45, 7) is 7.83. The number of hydrogen-bond acceptors (Lipinski definition) is 5. The Balaban J connectivity index is 2.24. The summed E-state index contributed by atoms with van der Waals surface area (Å²) in [5.41, 5.74) is 0. The normalized spacial score (nSPS) is 11.1. The van der Waals surface area contributed by atoms with Gasteiger partial charge in [0.05, 0.1) is 26.4 Å². The van der Waals surface area contributed by atoms with Crippen molar-refractivity contribution in [3.05, 3.63) is 30.3 Å². The molecule has 138 valence electrons. The van der Waals surface area contributed by atoms with Crippen LogP contribution in [0.25, 0.3) is 0 Å². The highest BCUT2D eigenvalue weighted by Gasteiger charge is 2.14. The van der Waals surface area contributed by atoms with E-state index in [1.54, 1.807) is 0 Å². The molecule has 24 heavy (non-hydrogen) atoms. The first-order valence-corrected chi connectivity index (χ1v) is 9.90. The summed E-state index contributed by atoms with van der Waals surface area (Å²) in [5.74, 6) is 0.738. The van der Waals surface area contributed by atoms with E-state index in [2.05, 4.69) is 13.8 Å². The van der Waals surface area contributed by atoms with Crippen LogP contribution in [-0.4, -0.2) is 39.6 Å². The van der Waals surface area contributed by atoms with Gasteiger partial charge in [0, 0.05) is 13.2 Å². The Morgan fingerprint density at radius 2 is 1.25 bits per heavy atom. The largest absolute Gasteiger partial charge is 0.427 e. The second kappa shape index (κ2) is 15.8. The summed E-state index contributed by atoms with van der Waals surface area (Å²) < 4.78 is 28.2. The van der Waals surface area contributed by atoms with Gasteiger partial charge in [0.1, 0.15) is 5.75 Å². The molecule has 0 bridgehead atoms. The Hall–Kier alpha value is -0.710. The topological polar surface area (TPSA) is 46.2 Å². The molecule has 0 aliphatic carbocycles. The monoisotopic (exact) mass is 358 g/mol. The van der Waals surface area contributed by atoms with Crippen LogP contribution in [0.5, 0.6) is 5.75 Å². The van der Waals surface area contributed by atoms with E-state index in [0.29, 0.717) is 26.4 Å². The van der Waals surface area contributed by atoms with Crippen molar-refractivity contribution < 1.29 is 23.0 Å². The van der Waals surface area contributed by atoms with Gasteiger partial charge < -0.3 is 23.0 Å². The molecule has 0 heterocycles. The number of ether oxygens (including phenoxy) is 2. The zero-order chi connectivity index (χ0) is 17.3. The summed E-state index contributed by atoms with van der Waals surface area (Å²) in [7, 11) is -1.45. The van der Waals surface area contributed by atoms with Crippen molar-refractivity contribution in [3.63, 3.8) is 0 Å². The lowest BCUT2D eigenvalue weighted by Crippen LogP contribution is -2.08. The van der Waals surface area contributed by atoms with Crippen molar-refractivity contribution in [2.45, 2.75) is 39.5 Å². The summed E-state index contributed by atoms with van der Waals surface area (Å²) >= 11 is 0. The molecule has 0 fully saturated rings. The fraction of sp³-hybridized carbons (Fsp3) is 0.667. The third kappa shape index (κ3) is 11.8. The van der Waals surface area contributed by atoms with E-state index in [0.717, 1.165) is 44.6 Å². The second-order valence-electron chi connectivity index (χ2n) is 5.23. The summed E-state index contributed by atoms with van der Waals surface area (Å²) in [4.78, 5) is 0. The number of rotatable bonds is 16. The van der Waals surface area contributed by atoms with Crippen molar-refractivity contribution in [2.75, 3.05) is 39.6 Å². The Labute approximate surface area is 147 Å². The molecule has 0 spiro atoms. The van der Waals surface area contributed by atoms with Gasteiger partial charge in [0.25, 0.3) is 0 Å². The van der Waals surface area contributed by atoms with Crippen LogP contribution in [0.15, 0.2) is 30.3 Å². The Morgan fingerprint density at radius 1 is 0.708 bits per heavy atom. The van der Waals surface area contributed by atoms with Crippen LogP contribution in [-0.2, 0) is 18.5 Å². The van der Waals surface area contributed by atoms with E-state index in [1.807, 2.05) is 30.3 Å². The average Bonchev–Trinajstić information content (AvgIpc) is 2.61. The van der Waals surface area contributed by atoms with Gasteiger partial charge in [-0.05, 0) is 25.0 Å². The molecule has 0 saturated carbocycles. The molecule has 0 amide bonds. The molecule has 0 aliphatic heterocycles. The highest BCUT2D eigenvalue weighted by atomic mass is 31.2. The molecule has 6 heteroatoms. The third-order valence-corrected chi connectivity index (χ3v) is 4.20. The molecule has 0 aromatic heterocycles. The van der Waals surface area contributed by atoms with E-state index >= 15 is 0 Å². The molecule has 0 unspecified atom stereocenters. The standard InChI is InChI=1S/C18H31O5P/c1-3-5-12-19-14-16-21-24(22-17-15-20-13-6-4-2)23-18-10-8-7-9-11-18/h7-11H,3-6,12-17H2,1-2H3. The molecule has 0 atom stereocenters. The van der Waals surface area contributed by atoms with Gasteiger partial charge in [0.2, 0.25) is 0 Å². The molecule has 1 aromatic rings. The van der Waals surface area contributed by atoms with E-state index in [4.69, 9.17) is 23.0 Å². The first-order valence-electron chi connectivity index (χ1n) is 8.81. The van der Waals surface area contributed by atoms with Crippen LogP contribution < -0.4 is 4.52 Å². The minimum absolute atomic E-state index is 0.457. The van der Waals surface area contributed by atoms with Crippen molar-refractivity contribution in [1.82, 2.24) is 0 Å². The predicted molar refractivity (Wildman–Crippen MR) is 97.3 cm³/mol. The quantitative estimate of drug-likeness (QED) is 0.309. The Morgan fingerprint density at radius 3 is 1.75 bits per heavy atom. The smallest absolute Gasteiger partial charge is 0.397 e. The average molecular weight is 358 g/mol. The molecule has 1 aromatic carbocycles. The van der Waals surface area contributed by atoms with Crippen molar-refractivity contribution in [3.8, 4) is 5.75 Å². The highest BCUT2D eigenvalue weighted by molar-refractivity contribution is 7.42. The number of unbranched alkanes of at least 4 members (excludes halogenated alkanes) is 2. The molecule has 1 rings (SSSR count). The van der Waals surface area contributed by atoms with Gasteiger partial charge >= 0.3 is 8.60 Å². The lowest BCUT2D eigenvalue weighted by Gasteiger charge is -2.17. The number of para-hydroxylation sites is 1. The molecule has 5 nitrogen and oxygen atoms in total. The molecule has 0 N–H and O–H groups in total. The minimum Gasteiger partial charge on any atom is -0.427 e. The van der Waals surface area contributed by atoms with E-state index in [1.165, 1.54) is 0 Å². The molecule has 0 radical (unpaired) electrons. The molecule has 0 saturated heterocycles. The van der Waals surface area contributed by atoms with Gasteiger partial charge in [-0.15, -0.1) is 0 Å². The van der Waals surface area contributed by atoms with Crippen LogP contribution in [0.1, 0.15) is 39.5 Å². The second-order valence-corrected chi connectivity index (χ2v) is 6.37. The zero-order valence-corrected chi connectivity index (χ0v) is 15.8.